The van der Waals surface area contributed by atoms with Gasteiger partial charge >= 0.3 is 5.97 Å². The van der Waals surface area contributed by atoms with E-state index >= 15 is 0 Å². The number of amides is 2. The molecular formula is C12H19NO4. The van der Waals surface area contributed by atoms with Crippen LogP contribution in [0.3, 0.4) is 0 Å². The highest BCUT2D eigenvalue weighted by atomic mass is 16.4. The van der Waals surface area contributed by atoms with Gasteiger partial charge in [-0.05, 0) is 11.8 Å². The second-order valence-electron chi connectivity index (χ2n) is 5.36. The lowest BCUT2D eigenvalue weighted by Gasteiger charge is -2.35. The van der Waals surface area contributed by atoms with Crippen molar-refractivity contribution in [3.8, 4) is 0 Å². The van der Waals surface area contributed by atoms with Crippen LogP contribution in [0.5, 0.6) is 0 Å². The molecule has 1 fully saturated rings. The van der Waals surface area contributed by atoms with Crippen LogP contribution in [0.4, 0.5) is 0 Å². The van der Waals surface area contributed by atoms with Gasteiger partial charge in [0.15, 0.2) is 0 Å². The van der Waals surface area contributed by atoms with Gasteiger partial charge in [-0.1, -0.05) is 20.8 Å². The van der Waals surface area contributed by atoms with Gasteiger partial charge in [-0.15, -0.1) is 0 Å². The first-order chi connectivity index (χ1) is 7.76. The van der Waals surface area contributed by atoms with E-state index in [1.807, 2.05) is 13.8 Å². The second-order valence-corrected chi connectivity index (χ2v) is 5.36. The van der Waals surface area contributed by atoms with E-state index in [1.165, 1.54) is 0 Å². The molecule has 0 bridgehead atoms. The molecule has 1 aliphatic heterocycles. The molecule has 1 N–H and O–H groups in total. The lowest BCUT2D eigenvalue weighted by molar-refractivity contribution is -0.154. The van der Waals surface area contributed by atoms with Gasteiger partial charge in [-0.2, -0.15) is 0 Å². The van der Waals surface area contributed by atoms with E-state index in [0.29, 0.717) is 19.3 Å². The number of carbonyl (C=O) groups excluding carboxylic acids is 2. The van der Waals surface area contributed by atoms with Gasteiger partial charge in [0.05, 0.1) is 5.92 Å². The van der Waals surface area contributed by atoms with E-state index < -0.39 is 11.9 Å². The first-order valence-corrected chi connectivity index (χ1v) is 5.83. The fraction of sp³-hybridized carbons (Fsp3) is 0.750. The van der Waals surface area contributed by atoms with Crippen LogP contribution >= 0.6 is 0 Å². The number of carboxylic acid groups (broad SMARTS) is 1. The van der Waals surface area contributed by atoms with Crippen molar-refractivity contribution in [2.45, 2.75) is 40.0 Å². The van der Waals surface area contributed by atoms with Crippen molar-refractivity contribution in [3.63, 3.8) is 0 Å². The van der Waals surface area contributed by atoms with Gasteiger partial charge in [0.25, 0.3) is 0 Å². The molecule has 96 valence electrons. The molecule has 0 spiro atoms. The fourth-order valence-corrected chi connectivity index (χ4v) is 2.02. The Morgan fingerprint density at radius 3 is 2.18 bits per heavy atom. The van der Waals surface area contributed by atoms with Crippen molar-refractivity contribution in [1.82, 2.24) is 4.90 Å². The van der Waals surface area contributed by atoms with Crippen LogP contribution in [0.25, 0.3) is 0 Å². The molecule has 1 heterocycles. The summed E-state index contributed by atoms with van der Waals surface area (Å²) in [5.41, 5.74) is -0.310. The Balaban J connectivity index is 2.75. The Morgan fingerprint density at radius 1 is 1.35 bits per heavy atom. The first-order valence-electron chi connectivity index (χ1n) is 5.83. The maximum atomic E-state index is 11.8. The Labute approximate surface area is 101 Å². The highest BCUT2D eigenvalue weighted by Gasteiger charge is 2.38. The number of hydrogen-bond acceptors (Lipinski definition) is 3. The number of nitrogens with zero attached hydrogens (tertiary/aromatic N) is 1. The summed E-state index contributed by atoms with van der Waals surface area (Å²) in [6.07, 6.45) is 1.01. The summed E-state index contributed by atoms with van der Waals surface area (Å²) in [6.45, 7) is 5.48. The molecule has 0 saturated carbocycles. The van der Waals surface area contributed by atoms with Crippen molar-refractivity contribution in [3.05, 3.63) is 0 Å². The van der Waals surface area contributed by atoms with Crippen LogP contribution in [0.2, 0.25) is 0 Å². The molecule has 0 aromatic heterocycles. The maximum Gasteiger partial charge on any atom is 0.308 e. The molecule has 1 aliphatic rings. The molecule has 0 aromatic rings. The molecular weight excluding hydrogens is 222 g/mol. The summed E-state index contributed by atoms with van der Waals surface area (Å²) >= 11 is 0. The number of hydrogen-bond donors (Lipinski definition) is 1. The molecule has 1 rings (SSSR count). The summed E-state index contributed by atoms with van der Waals surface area (Å²) in [5.74, 6) is -2.14. The van der Waals surface area contributed by atoms with Crippen LogP contribution in [0.1, 0.15) is 40.0 Å². The molecule has 0 aromatic carbocycles. The standard InChI is InChI=1S/C12H19NO4/c1-4-8(11(16)17)7-13-9(14)5-12(2,3)6-10(13)15/h8H,4-7H2,1-3H3,(H,16,17). The number of piperidine rings is 1. The minimum Gasteiger partial charge on any atom is -0.481 e. The first kappa shape index (κ1) is 13.7. The van der Waals surface area contributed by atoms with Crippen molar-refractivity contribution in [2.24, 2.45) is 11.3 Å². The maximum absolute atomic E-state index is 11.8. The topological polar surface area (TPSA) is 74.7 Å². The van der Waals surface area contributed by atoms with Gasteiger partial charge in [0, 0.05) is 19.4 Å². The zero-order chi connectivity index (χ0) is 13.2. The van der Waals surface area contributed by atoms with Crippen LogP contribution in [-0.4, -0.2) is 34.3 Å². The zero-order valence-electron chi connectivity index (χ0n) is 10.5. The van der Waals surface area contributed by atoms with Gasteiger partial charge in [0.2, 0.25) is 11.8 Å². The number of carboxylic acids is 1. The van der Waals surface area contributed by atoms with Crippen molar-refractivity contribution < 1.29 is 19.5 Å². The van der Waals surface area contributed by atoms with E-state index in [9.17, 15) is 14.4 Å². The average molecular weight is 241 g/mol. The molecule has 2 amide bonds. The summed E-state index contributed by atoms with van der Waals surface area (Å²) < 4.78 is 0. The monoisotopic (exact) mass is 241 g/mol. The highest BCUT2D eigenvalue weighted by molar-refractivity contribution is 5.98. The van der Waals surface area contributed by atoms with Gasteiger partial charge in [0.1, 0.15) is 0 Å². The van der Waals surface area contributed by atoms with Gasteiger partial charge < -0.3 is 5.11 Å². The average Bonchev–Trinajstić information content (AvgIpc) is 2.14. The van der Waals surface area contributed by atoms with Gasteiger partial charge in [-0.25, -0.2) is 0 Å². The highest BCUT2D eigenvalue weighted by Crippen LogP contribution is 2.31. The Hall–Kier alpha value is -1.39. The Kier molecular flexibility index (Phi) is 3.91. The van der Waals surface area contributed by atoms with Crippen molar-refractivity contribution in [2.75, 3.05) is 6.54 Å². The smallest absolute Gasteiger partial charge is 0.308 e. The van der Waals surface area contributed by atoms with Crippen molar-refractivity contribution >= 4 is 17.8 Å². The number of likely N-dealkylation sites (tertiary alicyclic amines) is 1. The van der Waals surface area contributed by atoms with E-state index in [0.717, 1.165) is 4.90 Å². The summed E-state index contributed by atoms with van der Waals surface area (Å²) in [6, 6.07) is 0. The number of imide groups is 1. The van der Waals surface area contributed by atoms with Crippen molar-refractivity contribution in [1.29, 1.82) is 0 Å². The second kappa shape index (κ2) is 4.85. The number of rotatable bonds is 4. The minimum absolute atomic E-state index is 0.000417. The predicted molar refractivity (Wildman–Crippen MR) is 61.2 cm³/mol. The zero-order valence-corrected chi connectivity index (χ0v) is 10.5. The van der Waals surface area contributed by atoms with Gasteiger partial charge in [-0.3, -0.25) is 19.3 Å². The molecule has 1 saturated heterocycles. The van der Waals surface area contributed by atoms with Crippen LogP contribution < -0.4 is 0 Å². The molecule has 5 nitrogen and oxygen atoms in total. The largest absolute Gasteiger partial charge is 0.481 e. The fourth-order valence-electron chi connectivity index (χ4n) is 2.02. The summed E-state index contributed by atoms with van der Waals surface area (Å²) in [5, 5.41) is 8.93. The van der Waals surface area contributed by atoms with E-state index in [2.05, 4.69) is 0 Å². The molecule has 5 heteroatoms. The third-order valence-corrected chi connectivity index (χ3v) is 3.11. The quantitative estimate of drug-likeness (QED) is 0.752. The molecule has 1 atom stereocenters. The summed E-state index contributed by atoms with van der Waals surface area (Å²) in [7, 11) is 0. The molecule has 0 radical (unpaired) electrons. The Bertz CT molecular complexity index is 328. The number of aliphatic carboxylic acids is 1. The lowest BCUT2D eigenvalue weighted by Crippen LogP contribution is -2.48. The van der Waals surface area contributed by atoms with E-state index in [1.54, 1.807) is 6.92 Å². The summed E-state index contributed by atoms with van der Waals surface area (Å²) in [4.78, 5) is 35.6. The normalized spacial score (nSPS) is 21.5. The third-order valence-electron chi connectivity index (χ3n) is 3.11. The van der Waals surface area contributed by atoms with E-state index in [4.69, 9.17) is 5.11 Å². The third kappa shape index (κ3) is 3.28. The minimum atomic E-state index is -0.960. The number of carbonyl (C=O) groups is 3. The molecule has 0 aliphatic carbocycles. The van der Waals surface area contributed by atoms with Crippen LogP contribution in [-0.2, 0) is 14.4 Å². The van der Waals surface area contributed by atoms with Crippen LogP contribution in [0.15, 0.2) is 0 Å². The SMILES string of the molecule is CCC(CN1C(=O)CC(C)(C)CC1=O)C(=O)O. The van der Waals surface area contributed by atoms with Crippen LogP contribution in [0, 0.1) is 11.3 Å². The molecule has 17 heavy (non-hydrogen) atoms. The molecule has 1 unspecified atom stereocenters. The van der Waals surface area contributed by atoms with E-state index in [-0.39, 0.29) is 23.8 Å². The Morgan fingerprint density at radius 2 is 1.82 bits per heavy atom. The predicted octanol–water partition coefficient (Wildman–Crippen LogP) is 1.27. The lowest BCUT2D eigenvalue weighted by atomic mass is 9.81.